The average Bonchev–Trinajstić information content (AvgIpc) is 3.21. The van der Waals surface area contributed by atoms with Gasteiger partial charge in [0.05, 0.1) is 17.9 Å². The molecule has 0 bridgehead atoms. The van der Waals surface area contributed by atoms with E-state index in [1.165, 1.54) is 50.9 Å². The first-order chi connectivity index (χ1) is 10.8. The predicted molar refractivity (Wildman–Crippen MR) is 86.6 cm³/mol. The van der Waals surface area contributed by atoms with E-state index in [9.17, 15) is 0 Å². The zero-order chi connectivity index (χ0) is 14.8. The number of ether oxygens (including phenoxy) is 1. The largest absolute Gasteiger partial charge is 0.373 e. The van der Waals surface area contributed by atoms with Crippen molar-refractivity contribution in [2.24, 2.45) is 0 Å². The number of nitrogens with zero attached hydrogens (tertiary/aromatic N) is 3. The molecule has 0 N–H and O–H groups in total. The topological polar surface area (TPSA) is 28.6 Å². The Morgan fingerprint density at radius 1 is 1.14 bits per heavy atom. The molecule has 0 saturated carbocycles. The highest BCUT2D eigenvalue weighted by Crippen LogP contribution is 2.38. The van der Waals surface area contributed by atoms with Crippen LogP contribution in [0.25, 0.3) is 0 Å². The quantitative estimate of drug-likeness (QED) is 0.856. The highest BCUT2D eigenvalue weighted by atomic mass is 16.5. The Hall–Kier alpha value is -0.970. The molecule has 3 saturated heterocycles. The lowest BCUT2D eigenvalue weighted by Crippen LogP contribution is -2.44. The van der Waals surface area contributed by atoms with E-state index in [2.05, 4.69) is 26.9 Å². The maximum Gasteiger partial charge on any atom is 0.0723 e. The van der Waals surface area contributed by atoms with E-state index in [0.717, 1.165) is 26.2 Å². The Labute approximate surface area is 133 Å². The van der Waals surface area contributed by atoms with Crippen molar-refractivity contribution >= 4 is 0 Å². The molecule has 4 rings (SSSR count). The minimum atomic E-state index is 0.174. The van der Waals surface area contributed by atoms with Crippen LogP contribution in [-0.2, 0) is 11.3 Å². The van der Waals surface area contributed by atoms with Crippen LogP contribution in [0.5, 0.6) is 0 Å². The van der Waals surface area contributed by atoms with Gasteiger partial charge in [-0.15, -0.1) is 0 Å². The van der Waals surface area contributed by atoms with Crippen LogP contribution in [0, 0.1) is 0 Å². The molecule has 3 aliphatic rings. The highest BCUT2D eigenvalue weighted by Gasteiger charge is 2.44. The maximum atomic E-state index is 6.32. The SMILES string of the molecule is c1ccc(CN2CCC3(CC2)C[C@H](N2CCCC2)CO3)nc1. The summed E-state index contributed by atoms with van der Waals surface area (Å²) in [5.74, 6) is 0. The average molecular weight is 301 g/mol. The summed E-state index contributed by atoms with van der Waals surface area (Å²) >= 11 is 0. The second-order valence-corrected chi connectivity index (χ2v) is 7.19. The fourth-order valence-corrected chi connectivity index (χ4v) is 4.35. The lowest BCUT2D eigenvalue weighted by molar-refractivity contribution is -0.0454. The molecule has 1 aromatic rings. The Bertz CT molecular complexity index is 478. The minimum absolute atomic E-state index is 0.174. The van der Waals surface area contributed by atoms with Crippen molar-refractivity contribution in [1.29, 1.82) is 0 Å². The van der Waals surface area contributed by atoms with Crippen LogP contribution < -0.4 is 0 Å². The zero-order valence-corrected chi connectivity index (χ0v) is 13.4. The van der Waals surface area contributed by atoms with Crippen LogP contribution in [0.4, 0.5) is 0 Å². The Morgan fingerprint density at radius 2 is 1.95 bits per heavy atom. The van der Waals surface area contributed by atoms with E-state index in [1.54, 1.807) is 0 Å². The molecule has 4 nitrogen and oxygen atoms in total. The number of hydrogen-bond acceptors (Lipinski definition) is 4. The van der Waals surface area contributed by atoms with Crippen LogP contribution in [0.2, 0.25) is 0 Å². The molecule has 22 heavy (non-hydrogen) atoms. The minimum Gasteiger partial charge on any atom is -0.373 e. The van der Waals surface area contributed by atoms with Crippen molar-refractivity contribution in [3.8, 4) is 0 Å². The van der Waals surface area contributed by atoms with E-state index in [1.807, 2.05) is 12.3 Å². The first-order valence-electron chi connectivity index (χ1n) is 8.83. The van der Waals surface area contributed by atoms with Gasteiger partial charge in [0, 0.05) is 31.9 Å². The Kier molecular flexibility index (Phi) is 4.16. The summed E-state index contributed by atoms with van der Waals surface area (Å²) < 4.78 is 6.32. The van der Waals surface area contributed by atoms with E-state index >= 15 is 0 Å². The van der Waals surface area contributed by atoms with Gasteiger partial charge in [0.15, 0.2) is 0 Å². The molecule has 4 heteroatoms. The Morgan fingerprint density at radius 3 is 2.68 bits per heavy atom. The molecule has 1 atom stereocenters. The van der Waals surface area contributed by atoms with Crippen LogP contribution in [0.3, 0.4) is 0 Å². The van der Waals surface area contributed by atoms with Crippen LogP contribution in [0.15, 0.2) is 24.4 Å². The van der Waals surface area contributed by atoms with Gasteiger partial charge in [-0.1, -0.05) is 6.07 Å². The summed E-state index contributed by atoms with van der Waals surface area (Å²) in [4.78, 5) is 9.64. The van der Waals surface area contributed by atoms with Crippen molar-refractivity contribution < 1.29 is 4.74 Å². The van der Waals surface area contributed by atoms with Gasteiger partial charge in [-0.2, -0.15) is 0 Å². The summed E-state index contributed by atoms with van der Waals surface area (Å²) in [6, 6.07) is 6.87. The van der Waals surface area contributed by atoms with Gasteiger partial charge in [0.25, 0.3) is 0 Å². The van der Waals surface area contributed by atoms with Gasteiger partial charge in [0.1, 0.15) is 0 Å². The molecule has 0 radical (unpaired) electrons. The first-order valence-corrected chi connectivity index (χ1v) is 8.83. The fraction of sp³-hybridized carbons (Fsp3) is 0.722. The van der Waals surface area contributed by atoms with Crippen molar-refractivity contribution in [1.82, 2.24) is 14.8 Å². The summed E-state index contributed by atoms with van der Waals surface area (Å²) in [6.07, 6.45) is 8.27. The van der Waals surface area contributed by atoms with Gasteiger partial charge in [0.2, 0.25) is 0 Å². The molecule has 120 valence electrons. The number of rotatable bonds is 3. The fourth-order valence-electron chi connectivity index (χ4n) is 4.35. The van der Waals surface area contributed by atoms with Crippen LogP contribution in [-0.4, -0.2) is 59.2 Å². The van der Waals surface area contributed by atoms with Gasteiger partial charge in [-0.3, -0.25) is 14.8 Å². The second-order valence-electron chi connectivity index (χ2n) is 7.19. The second kappa shape index (κ2) is 6.26. The third-order valence-corrected chi connectivity index (χ3v) is 5.73. The zero-order valence-electron chi connectivity index (χ0n) is 13.4. The highest BCUT2D eigenvalue weighted by molar-refractivity contribution is 5.04. The molecular weight excluding hydrogens is 274 g/mol. The molecular formula is C18H27N3O. The molecule has 1 aromatic heterocycles. The van der Waals surface area contributed by atoms with Crippen LogP contribution in [0.1, 0.15) is 37.8 Å². The number of piperidine rings is 1. The maximum absolute atomic E-state index is 6.32. The van der Waals surface area contributed by atoms with Gasteiger partial charge < -0.3 is 4.74 Å². The molecule has 1 spiro atoms. The summed E-state index contributed by atoms with van der Waals surface area (Å²) in [7, 11) is 0. The van der Waals surface area contributed by atoms with Crippen molar-refractivity contribution in [2.75, 3.05) is 32.8 Å². The van der Waals surface area contributed by atoms with Gasteiger partial charge in [-0.25, -0.2) is 0 Å². The summed E-state index contributed by atoms with van der Waals surface area (Å²) in [5, 5.41) is 0. The smallest absolute Gasteiger partial charge is 0.0723 e. The normalized spacial score (nSPS) is 29.4. The summed E-state index contributed by atoms with van der Waals surface area (Å²) in [6.45, 7) is 6.80. The standard InChI is InChI=1S/C18H27N3O/c1-2-8-19-16(5-1)14-20-11-6-18(7-12-20)13-17(15-22-18)21-9-3-4-10-21/h1-2,5,8,17H,3-4,6-7,9-15H2/t17-/m0/s1. The third kappa shape index (κ3) is 3.05. The van der Waals surface area contributed by atoms with E-state index in [0.29, 0.717) is 6.04 Å². The van der Waals surface area contributed by atoms with E-state index < -0.39 is 0 Å². The summed E-state index contributed by atoms with van der Waals surface area (Å²) in [5.41, 5.74) is 1.36. The number of aromatic nitrogens is 1. The van der Waals surface area contributed by atoms with E-state index in [4.69, 9.17) is 4.74 Å². The lowest BCUT2D eigenvalue weighted by atomic mass is 9.87. The molecule has 0 aromatic carbocycles. The molecule has 0 amide bonds. The van der Waals surface area contributed by atoms with Crippen molar-refractivity contribution in [2.45, 2.75) is 50.3 Å². The van der Waals surface area contributed by atoms with Gasteiger partial charge >= 0.3 is 0 Å². The van der Waals surface area contributed by atoms with Crippen LogP contribution >= 0.6 is 0 Å². The van der Waals surface area contributed by atoms with Crippen molar-refractivity contribution in [3.05, 3.63) is 30.1 Å². The molecule has 0 unspecified atom stereocenters. The molecule has 3 aliphatic heterocycles. The monoisotopic (exact) mass is 301 g/mol. The number of likely N-dealkylation sites (tertiary alicyclic amines) is 2. The Balaban J connectivity index is 1.30. The van der Waals surface area contributed by atoms with Gasteiger partial charge in [-0.05, 0) is 57.3 Å². The lowest BCUT2D eigenvalue weighted by Gasteiger charge is -2.38. The number of pyridine rings is 1. The predicted octanol–water partition coefficient (Wildman–Crippen LogP) is 2.30. The first kappa shape index (κ1) is 14.6. The number of hydrogen-bond donors (Lipinski definition) is 0. The third-order valence-electron chi connectivity index (χ3n) is 5.73. The molecule has 4 heterocycles. The van der Waals surface area contributed by atoms with E-state index in [-0.39, 0.29) is 5.60 Å². The molecule has 3 fully saturated rings. The molecule has 0 aliphatic carbocycles. The van der Waals surface area contributed by atoms with Crippen molar-refractivity contribution in [3.63, 3.8) is 0 Å².